The van der Waals surface area contributed by atoms with E-state index in [1.165, 1.54) is 24.3 Å². The van der Waals surface area contributed by atoms with Crippen LogP contribution in [0.4, 0.5) is 15.8 Å². The van der Waals surface area contributed by atoms with Crippen LogP contribution in [0.2, 0.25) is 5.02 Å². The molecule has 0 saturated carbocycles. The summed E-state index contributed by atoms with van der Waals surface area (Å²) < 4.78 is 18.5. The maximum absolute atomic E-state index is 13.3. The number of hydrogen-bond acceptors (Lipinski definition) is 4. The lowest BCUT2D eigenvalue weighted by Crippen LogP contribution is -2.32. The van der Waals surface area contributed by atoms with Crippen molar-refractivity contribution in [3.63, 3.8) is 0 Å². The van der Waals surface area contributed by atoms with Crippen molar-refractivity contribution in [1.29, 1.82) is 0 Å². The fraction of sp³-hybridized carbons (Fsp3) is 0.0435. The zero-order valence-corrected chi connectivity index (χ0v) is 16.6. The molecule has 0 aromatic heterocycles. The number of imide groups is 1. The Morgan fingerprint density at radius 1 is 0.900 bits per heavy atom. The SMILES string of the molecule is COc1ccc(C2=C(Nc3ccc(F)cc3)C(=O)N(c3ccccc3Cl)C2=O)cc1. The second kappa shape index (κ2) is 8.00. The number of rotatable bonds is 5. The molecule has 1 aliphatic rings. The van der Waals surface area contributed by atoms with Crippen molar-refractivity contribution in [3.05, 3.63) is 94.9 Å². The zero-order valence-electron chi connectivity index (χ0n) is 15.9. The molecular formula is C23H16ClFN2O3. The number of benzene rings is 3. The van der Waals surface area contributed by atoms with Crippen LogP contribution < -0.4 is 15.0 Å². The summed E-state index contributed by atoms with van der Waals surface area (Å²) in [5.41, 5.74) is 1.56. The number of anilines is 2. The first-order valence-electron chi connectivity index (χ1n) is 9.04. The number of carbonyl (C=O) groups is 2. The van der Waals surface area contributed by atoms with Crippen LogP contribution in [0.1, 0.15) is 5.56 Å². The van der Waals surface area contributed by atoms with Gasteiger partial charge in [0.1, 0.15) is 17.3 Å². The highest BCUT2D eigenvalue weighted by atomic mass is 35.5. The zero-order chi connectivity index (χ0) is 21.3. The third kappa shape index (κ3) is 3.53. The van der Waals surface area contributed by atoms with E-state index in [0.717, 1.165) is 4.90 Å². The molecule has 1 heterocycles. The number of halogens is 2. The highest BCUT2D eigenvalue weighted by Gasteiger charge is 2.41. The summed E-state index contributed by atoms with van der Waals surface area (Å²) in [6.07, 6.45) is 0. The van der Waals surface area contributed by atoms with Crippen molar-refractivity contribution in [1.82, 2.24) is 0 Å². The topological polar surface area (TPSA) is 58.6 Å². The van der Waals surface area contributed by atoms with E-state index in [1.807, 2.05) is 0 Å². The van der Waals surface area contributed by atoms with Crippen LogP contribution in [0.25, 0.3) is 5.57 Å². The number of carbonyl (C=O) groups excluding carboxylic acids is 2. The lowest BCUT2D eigenvalue weighted by Gasteiger charge is -2.16. The molecule has 0 radical (unpaired) electrons. The molecule has 0 atom stereocenters. The van der Waals surface area contributed by atoms with Crippen LogP contribution in [0.5, 0.6) is 5.75 Å². The Labute approximate surface area is 177 Å². The van der Waals surface area contributed by atoms with Gasteiger partial charge in [0.2, 0.25) is 0 Å². The van der Waals surface area contributed by atoms with Gasteiger partial charge in [0.15, 0.2) is 0 Å². The van der Waals surface area contributed by atoms with E-state index in [9.17, 15) is 14.0 Å². The van der Waals surface area contributed by atoms with Gasteiger partial charge in [0, 0.05) is 5.69 Å². The Kier molecular flexibility index (Phi) is 5.25. The maximum Gasteiger partial charge on any atom is 0.282 e. The number of amides is 2. The average Bonchev–Trinajstić information content (AvgIpc) is 3.00. The van der Waals surface area contributed by atoms with Gasteiger partial charge in [-0.05, 0) is 54.1 Å². The molecule has 3 aromatic rings. The van der Waals surface area contributed by atoms with Crippen LogP contribution in [0.3, 0.4) is 0 Å². The number of ether oxygens (including phenoxy) is 1. The van der Waals surface area contributed by atoms with Gasteiger partial charge in [0.25, 0.3) is 11.8 Å². The molecule has 1 aliphatic heterocycles. The highest BCUT2D eigenvalue weighted by Crippen LogP contribution is 2.37. The van der Waals surface area contributed by atoms with Crippen molar-refractivity contribution in [3.8, 4) is 5.75 Å². The molecule has 5 nitrogen and oxygen atoms in total. The van der Waals surface area contributed by atoms with E-state index < -0.39 is 17.6 Å². The van der Waals surface area contributed by atoms with E-state index in [0.29, 0.717) is 17.0 Å². The summed E-state index contributed by atoms with van der Waals surface area (Å²) in [6.45, 7) is 0. The molecule has 0 aliphatic carbocycles. The molecule has 4 rings (SSSR count). The minimum absolute atomic E-state index is 0.0803. The number of hydrogen-bond donors (Lipinski definition) is 1. The summed E-state index contributed by atoms with van der Waals surface area (Å²) in [5, 5.41) is 3.25. The summed E-state index contributed by atoms with van der Waals surface area (Å²) in [4.78, 5) is 27.6. The van der Waals surface area contributed by atoms with Crippen LogP contribution in [0, 0.1) is 5.82 Å². The summed E-state index contributed by atoms with van der Waals surface area (Å²) >= 11 is 6.25. The molecule has 150 valence electrons. The largest absolute Gasteiger partial charge is 0.497 e. The van der Waals surface area contributed by atoms with Crippen LogP contribution >= 0.6 is 11.6 Å². The van der Waals surface area contributed by atoms with Crippen LogP contribution in [-0.4, -0.2) is 18.9 Å². The van der Waals surface area contributed by atoms with Gasteiger partial charge in [-0.15, -0.1) is 0 Å². The lowest BCUT2D eigenvalue weighted by molar-refractivity contribution is -0.120. The Morgan fingerprint density at radius 2 is 1.57 bits per heavy atom. The smallest absolute Gasteiger partial charge is 0.282 e. The molecule has 0 spiro atoms. The summed E-state index contributed by atoms with van der Waals surface area (Å²) in [5.74, 6) is -0.852. The lowest BCUT2D eigenvalue weighted by atomic mass is 10.0. The van der Waals surface area contributed by atoms with Gasteiger partial charge in [0.05, 0.1) is 23.4 Å². The molecule has 0 fully saturated rings. The minimum atomic E-state index is -0.553. The fourth-order valence-electron chi connectivity index (χ4n) is 3.20. The molecule has 2 amide bonds. The third-order valence-corrected chi connectivity index (χ3v) is 4.99. The first kappa shape index (κ1) is 19.7. The van der Waals surface area contributed by atoms with Crippen molar-refractivity contribution in [2.24, 2.45) is 0 Å². The van der Waals surface area contributed by atoms with Crippen molar-refractivity contribution in [2.75, 3.05) is 17.3 Å². The number of para-hydroxylation sites is 1. The summed E-state index contributed by atoms with van der Waals surface area (Å²) in [6, 6.07) is 18.9. The molecule has 7 heteroatoms. The Morgan fingerprint density at radius 3 is 2.20 bits per heavy atom. The van der Waals surface area contributed by atoms with Gasteiger partial charge in [-0.2, -0.15) is 0 Å². The fourth-order valence-corrected chi connectivity index (χ4v) is 3.42. The van der Waals surface area contributed by atoms with E-state index in [4.69, 9.17) is 16.3 Å². The van der Waals surface area contributed by atoms with E-state index in [1.54, 1.807) is 55.6 Å². The van der Waals surface area contributed by atoms with Crippen molar-refractivity contribution in [2.45, 2.75) is 0 Å². The highest BCUT2D eigenvalue weighted by molar-refractivity contribution is 6.48. The summed E-state index contributed by atoms with van der Waals surface area (Å²) in [7, 11) is 1.54. The van der Waals surface area contributed by atoms with Gasteiger partial charge in [-0.3, -0.25) is 9.59 Å². The average molecular weight is 423 g/mol. The second-order valence-corrected chi connectivity index (χ2v) is 6.91. The number of nitrogens with zero attached hydrogens (tertiary/aromatic N) is 1. The van der Waals surface area contributed by atoms with Crippen LogP contribution in [0.15, 0.2) is 78.5 Å². The first-order valence-corrected chi connectivity index (χ1v) is 9.42. The normalized spacial score (nSPS) is 13.8. The van der Waals surface area contributed by atoms with E-state index >= 15 is 0 Å². The maximum atomic E-state index is 13.3. The number of nitrogens with one attached hydrogen (secondary N) is 1. The Bertz CT molecular complexity index is 1160. The first-order chi connectivity index (χ1) is 14.5. The van der Waals surface area contributed by atoms with Gasteiger partial charge in [-0.25, -0.2) is 9.29 Å². The van der Waals surface area contributed by atoms with Crippen molar-refractivity contribution < 1.29 is 18.7 Å². The predicted octanol–water partition coefficient (Wildman–Crippen LogP) is 4.88. The molecule has 0 bridgehead atoms. The molecule has 30 heavy (non-hydrogen) atoms. The van der Waals surface area contributed by atoms with E-state index in [2.05, 4.69) is 5.32 Å². The molecular weight excluding hydrogens is 407 g/mol. The molecule has 0 unspecified atom stereocenters. The van der Waals surface area contributed by atoms with Crippen molar-refractivity contribution >= 4 is 40.4 Å². The Hall–Kier alpha value is -3.64. The van der Waals surface area contributed by atoms with Crippen LogP contribution in [-0.2, 0) is 9.59 Å². The van der Waals surface area contributed by atoms with Gasteiger partial charge >= 0.3 is 0 Å². The third-order valence-electron chi connectivity index (χ3n) is 4.67. The standard InChI is InChI=1S/C23H16ClFN2O3/c1-30-17-12-6-14(7-13-17)20-21(26-16-10-8-15(25)9-11-16)23(29)27(22(20)28)19-5-3-2-4-18(19)24/h2-13,26H,1H3. The second-order valence-electron chi connectivity index (χ2n) is 6.51. The van der Waals surface area contributed by atoms with Gasteiger partial charge < -0.3 is 10.1 Å². The Balaban J connectivity index is 1.82. The molecule has 3 aromatic carbocycles. The molecule has 1 N–H and O–H groups in total. The minimum Gasteiger partial charge on any atom is -0.497 e. The quantitative estimate of drug-likeness (QED) is 0.595. The predicted molar refractivity (Wildman–Crippen MR) is 114 cm³/mol. The van der Waals surface area contributed by atoms with Gasteiger partial charge in [-0.1, -0.05) is 35.9 Å². The number of methoxy groups -OCH3 is 1. The van der Waals surface area contributed by atoms with E-state index in [-0.39, 0.29) is 22.0 Å². The monoisotopic (exact) mass is 422 g/mol. The molecule has 0 saturated heterocycles.